The summed E-state index contributed by atoms with van der Waals surface area (Å²) in [6.07, 6.45) is 4.09. The van der Waals surface area contributed by atoms with Crippen LogP contribution in [0, 0.1) is 5.92 Å². The highest BCUT2D eigenvalue weighted by Gasteiger charge is 2.24. The standard InChI is InChI=1S/C16H29N3S/c1-5-8-19(10-13-6-7-13)11-14-12-20-15(18-14)9-17-16(2,3)4/h12-13,17H,5-11H2,1-4H3. The second kappa shape index (κ2) is 7.01. The van der Waals surface area contributed by atoms with Crippen LogP contribution in [0.2, 0.25) is 0 Å². The Morgan fingerprint density at radius 2 is 2.15 bits per heavy atom. The normalized spacial score (nSPS) is 16.1. The molecule has 0 aromatic carbocycles. The molecule has 1 aliphatic carbocycles. The topological polar surface area (TPSA) is 28.2 Å². The van der Waals surface area contributed by atoms with Crippen molar-refractivity contribution in [2.24, 2.45) is 5.92 Å². The van der Waals surface area contributed by atoms with Gasteiger partial charge >= 0.3 is 0 Å². The molecule has 0 amide bonds. The van der Waals surface area contributed by atoms with E-state index in [-0.39, 0.29) is 5.54 Å². The van der Waals surface area contributed by atoms with Crippen molar-refractivity contribution < 1.29 is 0 Å². The van der Waals surface area contributed by atoms with Crippen LogP contribution in [0.4, 0.5) is 0 Å². The molecule has 1 N–H and O–H groups in total. The van der Waals surface area contributed by atoms with Gasteiger partial charge < -0.3 is 5.32 Å². The molecule has 1 aromatic heterocycles. The number of thiazole rings is 1. The lowest BCUT2D eigenvalue weighted by molar-refractivity contribution is 0.252. The summed E-state index contributed by atoms with van der Waals surface area (Å²) < 4.78 is 0. The third-order valence-electron chi connectivity index (χ3n) is 3.51. The van der Waals surface area contributed by atoms with Crippen LogP contribution in [-0.4, -0.2) is 28.5 Å². The lowest BCUT2D eigenvalue weighted by atomic mass is 10.1. The molecule has 0 aliphatic heterocycles. The smallest absolute Gasteiger partial charge is 0.107 e. The predicted molar refractivity (Wildman–Crippen MR) is 87.0 cm³/mol. The molecular weight excluding hydrogens is 266 g/mol. The van der Waals surface area contributed by atoms with Gasteiger partial charge in [-0.15, -0.1) is 11.3 Å². The molecule has 0 radical (unpaired) electrons. The lowest BCUT2D eigenvalue weighted by Gasteiger charge is -2.20. The summed E-state index contributed by atoms with van der Waals surface area (Å²) in [7, 11) is 0. The summed E-state index contributed by atoms with van der Waals surface area (Å²) in [5, 5.41) is 6.94. The molecule has 114 valence electrons. The van der Waals surface area contributed by atoms with Gasteiger partial charge in [0.05, 0.1) is 5.69 Å². The minimum Gasteiger partial charge on any atom is -0.306 e. The van der Waals surface area contributed by atoms with E-state index < -0.39 is 0 Å². The number of nitrogens with one attached hydrogen (secondary N) is 1. The Bertz CT molecular complexity index is 404. The van der Waals surface area contributed by atoms with E-state index in [4.69, 9.17) is 4.98 Å². The molecule has 0 atom stereocenters. The van der Waals surface area contributed by atoms with Crippen molar-refractivity contribution in [3.05, 3.63) is 16.1 Å². The number of hydrogen-bond donors (Lipinski definition) is 1. The van der Waals surface area contributed by atoms with Gasteiger partial charge in [-0.1, -0.05) is 6.92 Å². The zero-order valence-electron chi connectivity index (χ0n) is 13.4. The predicted octanol–water partition coefficient (Wildman–Crippen LogP) is 3.65. The molecular formula is C16H29N3S. The SMILES string of the molecule is CCCN(Cc1csc(CNC(C)(C)C)n1)CC1CC1. The molecule has 0 unspecified atom stereocenters. The molecule has 20 heavy (non-hydrogen) atoms. The second-order valence-corrected chi connectivity index (χ2v) is 7.96. The van der Waals surface area contributed by atoms with E-state index in [2.05, 4.69) is 43.3 Å². The Balaban J connectivity index is 1.83. The van der Waals surface area contributed by atoms with Crippen LogP contribution in [0.25, 0.3) is 0 Å². The van der Waals surface area contributed by atoms with Crippen LogP contribution in [0.1, 0.15) is 57.7 Å². The van der Waals surface area contributed by atoms with Crippen LogP contribution in [0.15, 0.2) is 5.38 Å². The minimum atomic E-state index is 0.159. The number of aromatic nitrogens is 1. The molecule has 1 fully saturated rings. The van der Waals surface area contributed by atoms with Crippen LogP contribution in [0.5, 0.6) is 0 Å². The van der Waals surface area contributed by atoms with E-state index in [0.717, 1.165) is 19.0 Å². The van der Waals surface area contributed by atoms with Crippen molar-refractivity contribution in [1.29, 1.82) is 0 Å². The van der Waals surface area contributed by atoms with E-state index in [0.29, 0.717) is 0 Å². The van der Waals surface area contributed by atoms with Gasteiger partial charge in [0.2, 0.25) is 0 Å². The minimum absolute atomic E-state index is 0.159. The highest BCUT2D eigenvalue weighted by Crippen LogP contribution is 2.30. The molecule has 2 rings (SSSR count). The number of hydrogen-bond acceptors (Lipinski definition) is 4. The maximum absolute atomic E-state index is 4.78. The van der Waals surface area contributed by atoms with E-state index >= 15 is 0 Å². The van der Waals surface area contributed by atoms with Gasteiger partial charge in [-0.3, -0.25) is 4.90 Å². The van der Waals surface area contributed by atoms with Crippen molar-refractivity contribution in [2.75, 3.05) is 13.1 Å². The molecule has 4 heteroatoms. The molecule has 0 spiro atoms. The van der Waals surface area contributed by atoms with Crippen molar-refractivity contribution in [3.8, 4) is 0 Å². The Labute approximate surface area is 127 Å². The van der Waals surface area contributed by atoms with E-state index in [1.165, 1.54) is 43.1 Å². The summed E-state index contributed by atoms with van der Waals surface area (Å²) in [5.41, 5.74) is 1.40. The Morgan fingerprint density at radius 3 is 2.75 bits per heavy atom. The number of rotatable bonds is 8. The van der Waals surface area contributed by atoms with Crippen molar-refractivity contribution in [3.63, 3.8) is 0 Å². The first-order chi connectivity index (χ1) is 9.46. The Hall–Kier alpha value is -0.450. The fourth-order valence-electron chi connectivity index (χ4n) is 2.29. The first-order valence-corrected chi connectivity index (χ1v) is 8.75. The van der Waals surface area contributed by atoms with Crippen molar-refractivity contribution in [1.82, 2.24) is 15.2 Å². The largest absolute Gasteiger partial charge is 0.306 e. The Morgan fingerprint density at radius 1 is 1.40 bits per heavy atom. The summed E-state index contributed by atoms with van der Waals surface area (Å²) in [6.45, 7) is 13.2. The second-order valence-electron chi connectivity index (χ2n) is 7.01. The fourth-order valence-corrected chi connectivity index (χ4v) is 3.01. The van der Waals surface area contributed by atoms with Crippen LogP contribution in [0.3, 0.4) is 0 Å². The molecule has 0 bridgehead atoms. The van der Waals surface area contributed by atoms with Gasteiger partial charge in [0.15, 0.2) is 0 Å². The summed E-state index contributed by atoms with van der Waals surface area (Å²) in [4.78, 5) is 7.35. The third kappa shape index (κ3) is 5.90. The average Bonchev–Trinajstić information content (AvgIpc) is 3.04. The van der Waals surface area contributed by atoms with Gasteiger partial charge in [0.1, 0.15) is 5.01 Å². The fraction of sp³-hybridized carbons (Fsp3) is 0.812. The molecule has 1 saturated carbocycles. The Kier molecular flexibility index (Phi) is 5.58. The summed E-state index contributed by atoms with van der Waals surface area (Å²) in [5.74, 6) is 0.960. The van der Waals surface area contributed by atoms with Gasteiger partial charge in [0.25, 0.3) is 0 Å². The first-order valence-electron chi connectivity index (χ1n) is 7.87. The molecule has 1 aliphatic rings. The maximum atomic E-state index is 4.78. The van der Waals surface area contributed by atoms with Crippen LogP contribution >= 0.6 is 11.3 Å². The van der Waals surface area contributed by atoms with E-state index in [1.807, 2.05) is 0 Å². The average molecular weight is 295 g/mol. The third-order valence-corrected chi connectivity index (χ3v) is 4.41. The van der Waals surface area contributed by atoms with Crippen LogP contribution < -0.4 is 5.32 Å². The molecule has 1 aromatic rings. The van der Waals surface area contributed by atoms with Crippen molar-refractivity contribution >= 4 is 11.3 Å². The monoisotopic (exact) mass is 295 g/mol. The summed E-state index contributed by atoms with van der Waals surface area (Å²) >= 11 is 1.78. The van der Waals surface area contributed by atoms with E-state index in [1.54, 1.807) is 11.3 Å². The highest BCUT2D eigenvalue weighted by atomic mass is 32.1. The first kappa shape index (κ1) is 15.9. The number of nitrogens with zero attached hydrogens (tertiary/aromatic N) is 2. The quantitative estimate of drug-likeness (QED) is 0.793. The molecule has 3 nitrogen and oxygen atoms in total. The molecule has 0 saturated heterocycles. The van der Waals surface area contributed by atoms with Crippen LogP contribution in [-0.2, 0) is 13.1 Å². The van der Waals surface area contributed by atoms with Gasteiger partial charge in [0, 0.05) is 30.6 Å². The zero-order chi connectivity index (χ0) is 14.6. The van der Waals surface area contributed by atoms with Crippen molar-refractivity contribution in [2.45, 2.75) is 65.6 Å². The van der Waals surface area contributed by atoms with Gasteiger partial charge in [-0.25, -0.2) is 4.98 Å². The van der Waals surface area contributed by atoms with E-state index in [9.17, 15) is 0 Å². The van der Waals surface area contributed by atoms with Gasteiger partial charge in [-0.2, -0.15) is 0 Å². The van der Waals surface area contributed by atoms with Gasteiger partial charge in [-0.05, 0) is 52.5 Å². The molecule has 1 heterocycles. The maximum Gasteiger partial charge on any atom is 0.107 e. The lowest BCUT2D eigenvalue weighted by Crippen LogP contribution is -2.35. The highest BCUT2D eigenvalue weighted by molar-refractivity contribution is 7.09. The zero-order valence-corrected chi connectivity index (χ0v) is 14.2. The summed E-state index contributed by atoms with van der Waals surface area (Å²) in [6, 6.07) is 0.